The maximum Gasteiger partial charge on any atom is 0.426 e. The van der Waals surface area contributed by atoms with Crippen molar-refractivity contribution in [1.29, 1.82) is 0 Å². The maximum absolute atomic E-state index is 13.8. The molecule has 0 heterocycles. The van der Waals surface area contributed by atoms with Gasteiger partial charge in [0.25, 0.3) is 0 Å². The van der Waals surface area contributed by atoms with Crippen molar-refractivity contribution >= 4 is 0 Å². The summed E-state index contributed by atoms with van der Waals surface area (Å²) >= 11 is 0. The average molecular weight is 288 g/mol. The minimum absolute atomic E-state index is 0.0719. The molecule has 0 amide bonds. The minimum Gasteiger partial charge on any atom is -0.429 e. The lowest BCUT2D eigenvalue weighted by Crippen LogP contribution is -2.22. The van der Waals surface area contributed by atoms with Gasteiger partial charge in [0.15, 0.2) is 0 Å². The molecule has 0 aliphatic heterocycles. The summed E-state index contributed by atoms with van der Waals surface area (Å²) in [5.41, 5.74) is -1.63. The van der Waals surface area contributed by atoms with E-state index in [0.717, 1.165) is 0 Å². The molecule has 0 spiro atoms. The van der Waals surface area contributed by atoms with Crippen LogP contribution in [0.1, 0.15) is 11.1 Å². The molecule has 0 atom stereocenters. The van der Waals surface area contributed by atoms with E-state index in [9.17, 15) is 22.0 Å². The molecular weight excluding hydrogens is 279 g/mol. The molecule has 0 aromatic heterocycles. The molecule has 6 heteroatoms. The Labute approximate surface area is 111 Å². The van der Waals surface area contributed by atoms with Crippen LogP contribution in [0, 0.1) is 0 Å². The second-order valence-electron chi connectivity index (χ2n) is 4.01. The van der Waals surface area contributed by atoms with Crippen LogP contribution in [-0.2, 0) is 12.3 Å². The van der Waals surface area contributed by atoms with Crippen LogP contribution in [0.5, 0.6) is 5.75 Å². The molecule has 20 heavy (non-hydrogen) atoms. The summed E-state index contributed by atoms with van der Waals surface area (Å²) in [7, 11) is 0. The molecule has 0 bridgehead atoms. The lowest BCUT2D eigenvalue weighted by molar-refractivity contribution is -0.185. The minimum atomic E-state index is -4.56. The van der Waals surface area contributed by atoms with Crippen molar-refractivity contribution in [2.75, 3.05) is 0 Å². The molecule has 0 aliphatic carbocycles. The van der Waals surface area contributed by atoms with Gasteiger partial charge in [-0.1, -0.05) is 18.2 Å². The first-order valence-corrected chi connectivity index (χ1v) is 5.59. The zero-order chi connectivity index (χ0) is 14.8. The fourth-order valence-corrected chi connectivity index (χ4v) is 1.55. The van der Waals surface area contributed by atoms with E-state index >= 15 is 0 Å². The van der Waals surface area contributed by atoms with Crippen molar-refractivity contribution in [2.24, 2.45) is 0 Å². The van der Waals surface area contributed by atoms with E-state index < -0.39 is 23.4 Å². The van der Waals surface area contributed by atoms with Crippen molar-refractivity contribution < 1.29 is 26.7 Å². The van der Waals surface area contributed by atoms with Crippen LogP contribution in [0.15, 0.2) is 54.6 Å². The Hall–Kier alpha value is -2.11. The summed E-state index contributed by atoms with van der Waals surface area (Å²) in [5.74, 6) is -0.0719. The van der Waals surface area contributed by atoms with Gasteiger partial charge in [-0.2, -0.15) is 22.0 Å². The predicted octanol–water partition coefficient (Wildman–Crippen LogP) is 4.83. The van der Waals surface area contributed by atoms with E-state index in [4.69, 9.17) is 0 Å². The molecule has 0 aliphatic rings. The third-order valence-corrected chi connectivity index (χ3v) is 2.54. The van der Waals surface area contributed by atoms with Gasteiger partial charge in [-0.15, -0.1) is 0 Å². The Morgan fingerprint density at radius 3 is 1.65 bits per heavy atom. The summed E-state index contributed by atoms with van der Waals surface area (Å²) in [5, 5.41) is 0. The summed E-state index contributed by atoms with van der Waals surface area (Å²) < 4.78 is 69.1. The SMILES string of the molecule is FC(F)(F)c1ccc(C(F)(F)Oc2ccccc2)cc1. The van der Waals surface area contributed by atoms with Crippen LogP contribution in [0.4, 0.5) is 22.0 Å². The van der Waals surface area contributed by atoms with Crippen LogP contribution in [0.25, 0.3) is 0 Å². The van der Waals surface area contributed by atoms with Crippen molar-refractivity contribution in [2.45, 2.75) is 12.3 Å². The second kappa shape index (κ2) is 5.11. The van der Waals surface area contributed by atoms with Gasteiger partial charge in [0.2, 0.25) is 0 Å². The van der Waals surface area contributed by atoms with Crippen LogP contribution in [0.3, 0.4) is 0 Å². The number of hydrogen-bond acceptors (Lipinski definition) is 1. The van der Waals surface area contributed by atoms with Gasteiger partial charge in [0.05, 0.1) is 11.1 Å². The fraction of sp³-hybridized carbons (Fsp3) is 0.143. The van der Waals surface area contributed by atoms with Gasteiger partial charge >= 0.3 is 12.3 Å². The van der Waals surface area contributed by atoms with Crippen LogP contribution >= 0.6 is 0 Å². The first-order chi connectivity index (χ1) is 9.29. The first kappa shape index (κ1) is 14.3. The number of ether oxygens (including phenoxy) is 1. The molecule has 2 aromatic rings. The first-order valence-electron chi connectivity index (χ1n) is 5.59. The van der Waals surface area contributed by atoms with E-state index in [1.54, 1.807) is 6.07 Å². The molecule has 0 N–H and O–H groups in total. The second-order valence-corrected chi connectivity index (χ2v) is 4.01. The highest BCUT2D eigenvalue weighted by atomic mass is 19.4. The normalized spacial score (nSPS) is 12.2. The van der Waals surface area contributed by atoms with E-state index in [-0.39, 0.29) is 5.75 Å². The Balaban J connectivity index is 2.21. The maximum atomic E-state index is 13.8. The Morgan fingerprint density at radius 2 is 1.15 bits per heavy atom. The highest BCUT2D eigenvalue weighted by Gasteiger charge is 2.36. The largest absolute Gasteiger partial charge is 0.429 e. The fourth-order valence-electron chi connectivity index (χ4n) is 1.55. The smallest absolute Gasteiger partial charge is 0.426 e. The summed E-state index contributed by atoms with van der Waals surface area (Å²) in [6.07, 6.45) is -8.26. The van der Waals surface area contributed by atoms with E-state index in [0.29, 0.717) is 24.3 Å². The summed E-state index contributed by atoms with van der Waals surface area (Å²) in [6.45, 7) is 0. The number of para-hydroxylation sites is 1. The van der Waals surface area contributed by atoms with Crippen molar-refractivity contribution in [1.82, 2.24) is 0 Å². The van der Waals surface area contributed by atoms with E-state index in [1.807, 2.05) is 0 Å². The van der Waals surface area contributed by atoms with Crippen LogP contribution in [-0.4, -0.2) is 0 Å². The number of halogens is 5. The molecular formula is C14H9F5O. The molecule has 0 saturated carbocycles. The highest BCUT2D eigenvalue weighted by Crippen LogP contribution is 2.34. The van der Waals surface area contributed by atoms with Crippen molar-refractivity contribution in [3.63, 3.8) is 0 Å². The van der Waals surface area contributed by atoms with Gasteiger partial charge in [-0.05, 0) is 36.4 Å². The topological polar surface area (TPSA) is 9.23 Å². The quantitative estimate of drug-likeness (QED) is 0.735. The van der Waals surface area contributed by atoms with Gasteiger partial charge in [-0.3, -0.25) is 0 Å². The third kappa shape index (κ3) is 3.26. The summed E-state index contributed by atoms with van der Waals surface area (Å²) in [6, 6.07) is 9.90. The van der Waals surface area contributed by atoms with Gasteiger partial charge in [0, 0.05) is 0 Å². The standard InChI is InChI=1S/C14H9F5O/c15-13(16,17)10-6-8-11(9-7-10)14(18,19)20-12-4-2-1-3-5-12/h1-9H. The zero-order valence-electron chi connectivity index (χ0n) is 9.99. The lowest BCUT2D eigenvalue weighted by atomic mass is 10.1. The predicted molar refractivity (Wildman–Crippen MR) is 62.4 cm³/mol. The lowest BCUT2D eigenvalue weighted by Gasteiger charge is -2.18. The third-order valence-electron chi connectivity index (χ3n) is 2.54. The van der Waals surface area contributed by atoms with Crippen molar-refractivity contribution in [3.8, 4) is 5.75 Å². The molecule has 1 nitrogen and oxygen atoms in total. The molecule has 2 rings (SSSR count). The molecule has 0 radical (unpaired) electrons. The number of benzene rings is 2. The monoisotopic (exact) mass is 288 g/mol. The highest BCUT2D eigenvalue weighted by molar-refractivity contribution is 5.28. The van der Waals surface area contributed by atoms with Gasteiger partial charge in [0.1, 0.15) is 5.75 Å². The Bertz CT molecular complexity index is 560. The van der Waals surface area contributed by atoms with E-state index in [2.05, 4.69) is 4.74 Å². The average Bonchev–Trinajstić information content (AvgIpc) is 2.38. The van der Waals surface area contributed by atoms with Gasteiger partial charge in [-0.25, -0.2) is 0 Å². The number of alkyl halides is 5. The Kier molecular flexibility index (Phi) is 3.65. The molecule has 0 saturated heterocycles. The van der Waals surface area contributed by atoms with Crippen molar-refractivity contribution in [3.05, 3.63) is 65.7 Å². The van der Waals surface area contributed by atoms with Gasteiger partial charge < -0.3 is 4.74 Å². The Morgan fingerprint density at radius 1 is 0.650 bits per heavy atom. The molecule has 0 fully saturated rings. The van der Waals surface area contributed by atoms with Crippen LogP contribution in [0.2, 0.25) is 0 Å². The molecule has 106 valence electrons. The number of hydrogen-bond donors (Lipinski definition) is 0. The van der Waals surface area contributed by atoms with Crippen LogP contribution < -0.4 is 4.74 Å². The zero-order valence-corrected chi connectivity index (χ0v) is 9.99. The summed E-state index contributed by atoms with van der Waals surface area (Å²) in [4.78, 5) is 0. The molecule has 0 unspecified atom stereocenters. The number of rotatable bonds is 3. The molecule has 2 aromatic carbocycles. The van der Waals surface area contributed by atoms with E-state index in [1.165, 1.54) is 24.3 Å².